The predicted molar refractivity (Wildman–Crippen MR) is 90.7 cm³/mol. The molecule has 26 heavy (non-hydrogen) atoms. The van der Waals surface area contributed by atoms with Gasteiger partial charge in [-0.15, -0.1) is 10.2 Å². The molecule has 0 aromatic carbocycles. The van der Waals surface area contributed by atoms with Crippen molar-refractivity contribution < 1.29 is 9.90 Å². The molecule has 1 saturated carbocycles. The van der Waals surface area contributed by atoms with Gasteiger partial charge in [-0.05, 0) is 24.8 Å². The van der Waals surface area contributed by atoms with Gasteiger partial charge in [-0.3, -0.25) is 19.3 Å². The van der Waals surface area contributed by atoms with Gasteiger partial charge < -0.3 is 15.7 Å². The Morgan fingerprint density at radius 2 is 2.19 bits per heavy atom. The first-order valence-electron chi connectivity index (χ1n) is 8.75. The van der Waals surface area contributed by atoms with E-state index in [4.69, 9.17) is 5.73 Å². The van der Waals surface area contributed by atoms with E-state index in [1.165, 1.54) is 0 Å². The van der Waals surface area contributed by atoms with Crippen molar-refractivity contribution in [2.24, 2.45) is 5.92 Å². The summed E-state index contributed by atoms with van der Waals surface area (Å²) in [5, 5.41) is 22.1. The monoisotopic (exact) mass is 359 g/mol. The van der Waals surface area contributed by atoms with Crippen LogP contribution in [0.1, 0.15) is 42.4 Å². The molecular weight excluding hydrogens is 338 g/mol. The minimum atomic E-state index is -0.506. The number of aryl methyl sites for hydroxylation is 1. The van der Waals surface area contributed by atoms with Crippen LogP contribution in [0.5, 0.6) is 0 Å². The molecule has 4 rings (SSSR count). The maximum atomic E-state index is 12.5. The molecule has 4 N–H and O–H groups in total. The molecule has 1 fully saturated rings. The first kappa shape index (κ1) is 16.7. The number of carbonyl (C=O) groups excluding carboxylic acids is 1. The summed E-state index contributed by atoms with van der Waals surface area (Å²) in [6, 6.07) is 1.89. The number of nitrogen functional groups attached to an aromatic ring is 1. The highest BCUT2D eigenvalue weighted by molar-refractivity contribution is 5.76. The third kappa shape index (κ3) is 3.32. The average Bonchev–Trinajstić information content (AvgIpc) is 3.38. The van der Waals surface area contributed by atoms with Crippen molar-refractivity contribution in [3.05, 3.63) is 33.5 Å². The fourth-order valence-corrected chi connectivity index (χ4v) is 3.22. The van der Waals surface area contributed by atoms with Gasteiger partial charge in [0.05, 0.1) is 24.5 Å². The first-order chi connectivity index (χ1) is 12.5. The summed E-state index contributed by atoms with van der Waals surface area (Å²) in [5.41, 5.74) is 6.76. The third-order valence-corrected chi connectivity index (χ3v) is 4.90. The average molecular weight is 359 g/mol. The maximum Gasteiger partial charge on any atom is 0.274 e. The van der Waals surface area contributed by atoms with E-state index < -0.39 is 11.7 Å². The van der Waals surface area contributed by atoms with E-state index in [2.05, 4.69) is 20.3 Å². The number of nitrogens with one attached hydrogen (secondary N) is 1. The van der Waals surface area contributed by atoms with Crippen LogP contribution in [-0.4, -0.2) is 47.4 Å². The minimum absolute atomic E-state index is 0.0430. The number of hydrogen-bond acceptors (Lipinski definition) is 7. The number of rotatable bonds is 5. The lowest BCUT2D eigenvalue weighted by Crippen LogP contribution is -2.38. The van der Waals surface area contributed by atoms with Crippen LogP contribution in [0.3, 0.4) is 0 Å². The molecule has 2 aromatic heterocycles. The first-order valence-corrected chi connectivity index (χ1v) is 8.75. The lowest BCUT2D eigenvalue weighted by Gasteiger charge is -2.27. The summed E-state index contributed by atoms with van der Waals surface area (Å²) < 4.78 is 1.86. The van der Waals surface area contributed by atoms with Gasteiger partial charge in [0, 0.05) is 19.4 Å². The van der Waals surface area contributed by atoms with Gasteiger partial charge in [-0.25, -0.2) is 0 Å². The molecule has 10 heteroatoms. The zero-order valence-corrected chi connectivity index (χ0v) is 14.3. The van der Waals surface area contributed by atoms with Crippen molar-refractivity contribution in [1.82, 2.24) is 29.9 Å². The fourth-order valence-electron chi connectivity index (χ4n) is 3.22. The zero-order valence-electron chi connectivity index (χ0n) is 14.3. The fraction of sp³-hybridized carbons (Fsp3) is 0.562. The van der Waals surface area contributed by atoms with Crippen molar-refractivity contribution in [1.29, 1.82) is 0 Å². The van der Waals surface area contributed by atoms with Crippen LogP contribution in [0, 0.1) is 5.92 Å². The lowest BCUT2D eigenvalue weighted by atomic mass is 10.1. The highest BCUT2D eigenvalue weighted by Crippen LogP contribution is 2.40. The second-order valence-electron chi connectivity index (χ2n) is 6.87. The molecule has 1 atom stereocenters. The number of carbonyl (C=O) groups is 1. The summed E-state index contributed by atoms with van der Waals surface area (Å²) in [7, 11) is 0. The number of nitrogens with zero attached hydrogens (tertiary/aromatic N) is 5. The lowest BCUT2D eigenvalue weighted by molar-refractivity contribution is -0.132. The Balaban J connectivity index is 1.38. The van der Waals surface area contributed by atoms with Crippen LogP contribution in [0.4, 0.5) is 5.95 Å². The molecule has 1 amide bonds. The van der Waals surface area contributed by atoms with E-state index in [1.807, 2.05) is 10.7 Å². The second-order valence-corrected chi connectivity index (χ2v) is 6.87. The Hall–Kier alpha value is -2.75. The SMILES string of the molecule is Nc1nnc(CCC(=O)N2CCn3nc(C(O)C4CC4)cc3C2)c(=O)[nH]1. The normalized spacial score (nSPS) is 17.8. The molecule has 1 aliphatic carbocycles. The molecule has 1 aliphatic heterocycles. The highest BCUT2D eigenvalue weighted by Gasteiger charge is 2.33. The van der Waals surface area contributed by atoms with E-state index in [9.17, 15) is 14.7 Å². The quantitative estimate of drug-likeness (QED) is 0.644. The Kier molecular flexibility index (Phi) is 4.19. The number of H-pyrrole nitrogens is 1. The molecule has 0 saturated heterocycles. The van der Waals surface area contributed by atoms with Gasteiger partial charge in [0.25, 0.3) is 5.56 Å². The molecule has 0 bridgehead atoms. The summed E-state index contributed by atoms with van der Waals surface area (Å²) in [6.07, 6.45) is 1.96. The van der Waals surface area contributed by atoms with Gasteiger partial charge in [-0.1, -0.05) is 0 Å². The van der Waals surface area contributed by atoms with E-state index in [-0.39, 0.29) is 30.4 Å². The van der Waals surface area contributed by atoms with E-state index >= 15 is 0 Å². The van der Waals surface area contributed by atoms with Gasteiger partial charge in [0.15, 0.2) is 0 Å². The van der Waals surface area contributed by atoms with Crippen LogP contribution >= 0.6 is 0 Å². The van der Waals surface area contributed by atoms with Crippen LogP contribution < -0.4 is 11.3 Å². The summed E-state index contributed by atoms with van der Waals surface area (Å²) in [5.74, 6) is 0.224. The van der Waals surface area contributed by atoms with Crippen molar-refractivity contribution in [3.8, 4) is 0 Å². The van der Waals surface area contributed by atoms with Crippen LogP contribution in [0.25, 0.3) is 0 Å². The number of amides is 1. The van der Waals surface area contributed by atoms with Gasteiger partial charge >= 0.3 is 0 Å². The van der Waals surface area contributed by atoms with E-state index in [0.29, 0.717) is 31.2 Å². The minimum Gasteiger partial charge on any atom is -0.386 e. The molecule has 2 aromatic rings. The maximum absolute atomic E-state index is 12.5. The largest absolute Gasteiger partial charge is 0.386 e. The number of aromatic nitrogens is 5. The summed E-state index contributed by atoms with van der Waals surface area (Å²) in [4.78, 5) is 28.3. The Morgan fingerprint density at radius 3 is 2.92 bits per heavy atom. The van der Waals surface area contributed by atoms with E-state index in [1.54, 1.807) is 4.90 Å². The van der Waals surface area contributed by atoms with E-state index in [0.717, 1.165) is 18.5 Å². The molecular formula is C16H21N7O3. The van der Waals surface area contributed by atoms with Crippen LogP contribution in [0.2, 0.25) is 0 Å². The summed E-state index contributed by atoms with van der Waals surface area (Å²) in [6.45, 7) is 1.60. The predicted octanol–water partition coefficient (Wildman–Crippen LogP) is -0.638. The number of aliphatic hydroxyl groups is 1. The number of aromatic amines is 1. The topological polar surface area (TPSA) is 143 Å². The van der Waals surface area contributed by atoms with Gasteiger partial charge in [0.1, 0.15) is 11.8 Å². The van der Waals surface area contributed by atoms with Crippen molar-refractivity contribution in [2.45, 2.75) is 44.9 Å². The molecule has 3 heterocycles. The Bertz CT molecular complexity index is 886. The highest BCUT2D eigenvalue weighted by atomic mass is 16.3. The Morgan fingerprint density at radius 1 is 1.38 bits per heavy atom. The van der Waals surface area contributed by atoms with Gasteiger partial charge in [-0.2, -0.15) is 5.10 Å². The molecule has 2 aliphatic rings. The Labute approximate surface area is 149 Å². The molecule has 0 spiro atoms. The summed E-state index contributed by atoms with van der Waals surface area (Å²) >= 11 is 0. The van der Waals surface area contributed by atoms with Gasteiger partial charge in [0.2, 0.25) is 11.9 Å². The zero-order chi connectivity index (χ0) is 18.3. The van der Waals surface area contributed by atoms with Crippen molar-refractivity contribution in [2.75, 3.05) is 12.3 Å². The standard InChI is InChI=1S/C16H21N7O3/c17-16-18-15(26)11(19-20-16)3-4-13(24)22-5-6-23-10(8-22)7-12(21-23)14(25)9-1-2-9/h7,9,14,25H,1-6,8H2,(H3,17,18,20,26). The second kappa shape index (κ2) is 6.52. The smallest absolute Gasteiger partial charge is 0.274 e. The van der Waals surface area contributed by atoms with Crippen molar-refractivity contribution in [3.63, 3.8) is 0 Å². The molecule has 10 nitrogen and oxygen atoms in total. The van der Waals surface area contributed by atoms with Crippen LogP contribution in [-0.2, 0) is 24.3 Å². The van der Waals surface area contributed by atoms with Crippen LogP contribution in [0.15, 0.2) is 10.9 Å². The number of anilines is 1. The number of nitrogens with two attached hydrogens (primary N) is 1. The number of hydrogen-bond donors (Lipinski definition) is 3. The number of fused-ring (bicyclic) bond motifs is 1. The number of aliphatic hydroxyl groups excluding tert-OH is 1. The third-order valence-electron chi connectivity index (χ3n) is 4.90. The van der Waals surface area contributed by atoms with Crippen molar-refractivity contribution >= 4 is 11.9 Å². The molecule has 0 radical (unpaired) electrons. The molecule has 1 unspecified atom stereocenters. The molecule has 138 valence electrons.